The van der Waals surface area contributed by atoms with Crippen LogP contribution >= 0.6 is 0 Å². The topological polar surface area (TPSA) is 78.8 Å². The van der Waals surface area contributed by atoms with E-state index in [9.17, 15) is 15.0 Å². The third-order valence-corrected chi connectivity index (χ3v) is 4.57. The fourth-order valence-corrected chi connectivity index (χ4v) is 3.23. The molecule has 2 aromatic rings. The summed E-state index contributed by atoms with van der Waals surface area (Å²) in [5.41, 5.74) is 1.48. The predicted octanol–water partition coefficient (Wildman–Crippen LogP) is 1.70. The van der Waals surface area contributed by atoms with Crippen molar-refractivity contribution in [3.63, 3.8) is 0 Å². The molecular weight excluding hydrogens is 306 g/mol. The van der Waals surface area contributed by atoms with E-state index in [1.807, 2.05) is 30.3 Å². The van der Waals surface area contributed by atoms with Crippen molar-refractivity contribution < 1.29 is 19.7 Å². The van der Waals surface area contributed by atoms with Crippen LogP contribution in [0.4, 0.5) is 0 Å². The standard InChI is InChI=1S/C19H21NO4/c1-24-14-9-7-13(8-10-14)19(23)20-17-15(11-16(21)18(17)22)12-5-3-2-4-6-12/h2-10,15-18,21-22H,11H2,1H3,(H,20,23). The molecule has 0 aliphatic heterocycles. The van der Waals surface area contributed by atoms with Crippen molar-refractivity contribution in [1.29, 1.82) is 0 Å². The minimum absolute atomic E-state index is 0.126. The van der Waals surface area contributed by atoms with E-state index < -0.39 is 18.2 Å². The van der Waals surface area contributed by atoms with Gasteiger partial charge in [0, 0.05) is 11.5 Å². The fourth-order valence-electron chi connectivity index (χ4n) is 3.23. The van der Waals surface area contributed by atoms with Crippen LogP contribution < -0.4 is 10.1 Å². The van der Waals surface area contributed by atoms with Gasteiger partial charge in [-0.1, -0.05) is 30.3 Å². The molecule has 3 rings (SSSR count). The van der Waals surface area contributed by atoms with Gasteiger partial charge in [0.05, 0.1) is 19.3 Å². The summed E-state index contributed by atoms with van der Waals surface area (Å²) in [6, 6.07) is 15.9. The Labute approximate surface area is 140 Å². The van der Waals surface area contributed by atoms with Crippen LogP contribution in [0.15, 0.2) is 54.6 Å². The van der Waals surface area contributed by atoms with Crippen molar-refractivity contribution in [2.45, 2.75) is 30.6 Å². The highest BCUT2D eigenvalue weighted by Crippen LogP contribution is 2.35. The highest BCUT2D eigenvalue weighted by Gasteiger charge is 2.43. The Hall–Kier alpha value is -2.37. The lowest BCUT2D eigenvalue weighted by Crippen LogP contribution is -2.45. The molecule has 0 heterocycles. The Bertz CT molecular complexity index is 686. The van der Waals surface area contributed by atoms with E-state index in [4.69, 9.17) is 4.74 Å². The number of rotatable bonds is 4. The van der Waals surface area contributed by atoms with Crippen molar-refractivity contribution in [2.24, 2.45) is 0 Å². The number of hydrogen-bond donors (Lipinski definition) is 3. The summed E-state index contributed by atoms with van der Waals surface area (Å²) < 4.78 is 5.08. The zero-order valence-electron chi connectivity index (χ0n) is 13.4. The summed E-state index contributed by atoms with van der Waals surface area (Å²) in [6.07, 6.45) is -1.42. The van der Waals surface area contributed by atoms with E-state index in [1.165, 1.54) is 0 Å². The summed E-state index contributed by atoms with van der Waals surface area (Å²) in [6.45, 7) is 0. The Morgan fingerprint density at radius 1 is 1.08 bits per heavy atom. The number of carbonyl (C=O) groups is 1. The Morgan fingerprint density at radius 3 is 2.38 bits per heavy atom. The van der Waals surface area contributed by atoms with E-state index in [-0.39, 0.29) is 11.8 Å². The van der Waals surface area contributed by atoms with Gasteiger partial charge in [0.15, 0.2) is 0 Å². The van der Waals surface area contributed by atoms with Gasteiger partial charge >= 0.3 is 0 Å². The van der Waals surface area contributed by atoms with E-state index in [0.29, 0.717) is 17.7 Å². The molecule has 3 N–H and O–H groups in total. The lowest BCUT2D eigenvalue weighted by Gasteiger charge is -2.24. The first-order valence-corrected chi connectivity index (χ1v) is 7.96. The smallest absolute Gasteiger partial charge is 0.251 e. The molecule has 1 aliphatic carbocycles. The molecule has 5 nitrogen and oxygen atoms in total. The number of hydrogen-bond acceptors (Lipinski definition) is 4. The molecule has 0 radical (unpaired) electrons. The summed E-state index contributed by atoms with van der Waals surface area (Å²) in [4.78, 5) is 12.5. The van der Waals surface area contributed by atoms with E-state index >= 15 is 0 Å². The van der Waals surface area contributed by atoms with Crippen molar-refractivity contribution >= 4 is 5.91 Å². The first kappa shape index (κ1) is 16.5. The molecule has 126 valence electrons. The molecule has 1 fully saturated rings. The summed E-state index contributed by atoms with van der Waals surface area (Å²) in [5, 5.41) is 23.2. The number of carbonyl (C=O) groups excluding carboxylic acids is 1. The molecule has 1 amide bonds. The monoisotopic (exact) mass is 327 g/mol. The van der Waals surface area contributed by atoms with E-state index in [0.717, 1.165) is 5.56 Å². The Kier molecular flexibility index (Phi) is 4.83. The molecular formula is C19H21NO4. The van der Waals surface area contributed by atoms with Crippen molar-refractivity contribution in [3.05, 3.63) is 65.7 Å². The summed E-state index contributed by atoms with van der Waals surface area (Å²) in [5.74, 6) is 0.264. The van der Waals surface area contributed by atoms with Crippen LogP contribution in [-0.4, -0.2) is 41.5 Å². The number of amides is 1. The molecule has 4 unspecified atom stereocenters. The average Bonchev–Trinajstić information content (AvgIpc) is 2.91. The summed E-state index contributed by atoms with van der Waals surface area (Å²) >= 11 is 0. The van der Waals surface area contributed by atoms with Gasteiger partial charge in [0.25, 0.3) is 5.91 Å². The average molecular weight is 327 g/mol. The van der Waals surface area contributed by atoms with Gasteiger partial charge in [-0.15, -0.1) is 0 Å². The van der Waals surface area contributed by atoms with Crippen molar-refractivity contribution in [3.8, 4) is 5.75 Å². The van der Waals surface area contributed by atoms with E-state index in [2.05, 4.69) is 5.32 Å². The third-order valence-electron chi connectivity index (χ3n) is 4.57. The van der Waals surface area contributed by atoms with Crippen LogP contribution in [0.25, 0.3) is 0 Å². The number of aliphatic hydroxyl groups is 2. The summed E-state index contributed by atoms with van der Waals surface area (Å²) in [7, 11) is 1.57. The SMILES string of the molecule is COc1ccc(C(=O)NC2C(c3ccccc3)CC(O)C2O)cc1. The molecule has 1 aliphatic rings. The van der Waals surface area contributed by atoms with E-state index in [1.54, 1.807) is 31.4 Å². The molecule has 0 saturated heterocycles. The molecule has 4 atom stereocenters. The van der Waals surface area contributed by atoms with Crippen molar-refractivity contribution in [2.75, 3.05) is 7.11 Å². The normalized spacial score (nSPS) is 26.1. The lowest BCUT2D eigenvalue weighted by atomic mass is 9.93. The van der Waals surface area contributed by atoms with Gasteiger partial charge in [-0.3, -0.25) is 4.79 Å². The minimum Gasteiger partial charge on any atom is -0.497 e. The van der Waals surface area contributed by atoms with Gasteiger partial charge in [-0.25, -0.2) is 0 Å². The first-order chi connectivity index (χ1) is 11.6. The zero-order valence-corrected chi connectivity index (χ0v) is 13.4. The number of nitrogens with one attached hydrogen (secondary N) is 1. The third kappa shape index (κ3) is 3.27. The van der Waals surface area contributed by atoms with Crippen LogP contribution in [0, 0.1) is 0 Å². The van der Waals surface area contributed by atoms with Crippen LogP contribution in [0.2, 0.25) is 0 Å². The van der Waals surface area contributed by atoms with Gasteiger partial charge in [-0.2, -0.15) is 0 Å². The molecule has 5 heteroatoms. The van der Waals surface area contributed by atoms with Crippen molar-refractivity contribution in [1.82, 2.24) is 5.32 Å². The molecule has 2 aromatic carbocycles. The van der Waals surface area contributed by atoms with Gasteiger partial charge in [-0.05, 0) is 36.2 Å². The molecule has 1 saturated carbocycles. The molecule has 0 aromatic heterocycles. The van der Waals surface area contributed by atoms with Crippen LogP contribution in [0.5, 0.6) is 5.75 Å². The van der Waals surface area contributed by atoms with Gasteiger partial charge < -0.3 is 20.3 Å². The Morgan fingerprint density at radius 2 is 1.75 bits per heavy atom. The number of benzene rings is 2. The molecule has 0 spiro atoms. The lowest BCUT2D eigenvalue weighted by molar-refractivity contribution is 0.0294. The molecule has 24 heavy (non-hydrogen) atoms. The van der Waals surface area contributed by atoms with Crippen LogP contribution in [-0.2, 0) is 0 Å². The first-order valence-electron chi connectivity index (χ1n) is 7.96. The minimum atomic E-state index is -0.989. The quantitative estimate of drug-likeness (QED) is 0.799. The highest BCUT2D eigenvalue weighted by atomic mass is 16.5. The number of methoxy groups -OCH3 is 1. The second kappa shape index (κ2) is 7.03. The van der Waals surface area contributed by atoms with Gasteiger partial charge in [0.1, 0.15) is 11.9 Å². The number of aliphatic hydroxyl groups excluding tert-OH is 2. The number of ether oxygens (including phenoxy) is 1. The molecule has 0 bridgehead atoms. The predicted molar refractivity (Wildman–Crippen MR) is 90.1 cm³/mol. The maximum atomic E-state index is 12.5. The Balaban J connectivity index is 1.78. The second-order valence-electron chi connectivity index (χ2n) is 6.04. The van der Waals surface area contributed by atoms with Gasteiger partial charge in [0.2, 0.25) is 0 Å². The van der Waals surface area contributed by atoms with Crippen LogP contribution in [0.1, 0.15) is 28.3 Å². The second-order valence-corrected chi connectivity index (χ2v) is 6.04. The zero-order chi connectivity index (χ0) is 17.1. The maximum Gasteiger partial charge on any atom is 0.251 e. The maximum absolute atomic E-state index is 12.5. The highest BCUT2D eigenvalue weighted by molar-refractivity contribution is 5.94. The fraction of sp³-hybridized carbons (Fsp3) is 0.316. The largest absolute Gasteiger partial charge is 0.497 e. The van der Waals surface area contributed by atoms with Crippen LogP contribution in [0.3, 0.4) is 0 Å².